The molecule has 0 fully saturated rings. The van der Waals surface area contributed by atoms with E-state index in [4.69, 9.17) is 0 Å². The van der Waals surface area contributed by atoms with Crippen molar-refractivity contribution >= 4 is 12.6 Å². The maximum absolute atomic E-state index is 4.05. The lowest BCUT2D eigenvalue weighted by molar-refractivity contribution is -0.730. The Hall–Kier alpha value is -0.510. The van der Waals surface area contributed by atoms with E-state index in [9.17, 15) is 0 Å². The van der Waals surface area contributed by atoms with Gasteiger partial charge in [-0.15, -0.1) is 4.68 Å². The summed E-state index contributed by atoms with van der Waals surface area (Å²) < 4.78 is 3.55. The summed E-state index contributed by atoms with van der Waals surface area (Å²) in [6.07, 6.45) is 1.85. The molecule has 0 saturated heterocycles. The Morgan fingerprint density at radius 1 is 1.88 bits per heavy atom. The molecule has 4 heteroatoms. The fraction of sp³-hybridized carbons (Fsp3) is 0.500. The molecule has 0 aliphatic carbocycles. The fourth-order valence-corrected chi connectivity index (χ4v) is 0.732. The molecule has 0 bridgehead atoms. The van der Waals surface area contributed by atoms with Crippen molar-refractivity contribution in [2.24, 2.45) is 14.1 Å². The third-order valence-electron chi connectivity index (χ3n) is 0.903. The van der Waals surface area contributed by atoms with Gasteiger partial charge in [0.1, 0.15) is 7.05 Å². The zero-order valence-corrected chi connectivity index (χ0v) is 5.76. The molecule has 1 rings (SSSR count). The van der Waals surface area contributed by atoms with Crippen LogP contribution in [0.1, 0.15) is 0 Å². The topological polar surface area (TPSA) is 21.7 Å². The van der Waals surface area contributed by atoms with Gasteiger partial charge in [-0.3, -0.25) is 0 Å². The van der Waals surface area contributed by atoms with Crippen molar-refractivity contribution in [1.29, 1.82) is 0 Å². The molecule has 44 valence electrons. The molecule has 1 heterocycles. The van der Waals surface area contributed by atoms with E-state index < -0.39 is 0 Å². The molecule has 0 saturated carbocycles. The second kappa shape index (κ2) is 1.78. The SMILES string of the molecule is Cn1c[n+](C)nc1S. The second-order valence-corrected chi connectivity index (χ2v) is 2.10. The molecule has 1 aromatic rings. The smallest absolute Gasteiger partial charge is 0.210 e. The van der Waals surface area contributed by atoms with Gasteiger partial charge in [-0.25, -0.2) is 4.57 Å². The Kier molecular flexibility index (Phi) is 1.25. The van der Waals surface area contributed by atoms with E-state index in [2.05, 4.69) is 17.7 Å². The van der Waals surface area contributed by atoms with Gasteiger partial charge in [-0.2, -0.15) is 0 Å². The van der Waals surface area contributed by atoms with Crippen molar-refractivity contribution < 1.29 is 4.68 Å². The first kappa shape index (κ1) is 5.62. The third-order valence-corrected chi connectivity index (χ3v) is 1.31. The number of thiol groups is 1. The number of aromatic nitrogens is 3. The van der Waals surface area contributed by atoms with Crippen molar-refractivity contribution in [3.8, 4) is 0 Å². The number of hydrogen-bond donors (Lipinski definition) is 1. The van der Waals surface area contributed by atoms with Crippen LogP contribution in [0.15, 0.2) is 11.5 Å². The fourth-order valence-electron chi connectivity index (χ4n) is 0.540. The van der Waals surface area contributed by atoms with Crippen LogP contribution in [-0.2, 0) is 14.1 Å². The first-order valence-electron chi connectivity index (χ1n) is 2.28. The Bertz CT molecular complexity index is 174. The minimum atomic E-state index is 0.729. The largest absolute Gasteiger partial charge is 0.291 e. The normalized spacial score (nSPS) is 9.88. The molecule has 0 aliphatic heterocycles. The molecule has 0 unspecified atom stereocenters. The van der Waals surface area contributed by atoms with Crippen molar-refractivity contribution in [1.82, 2.24) is 9.67 Å². The first-order valence-corrected chi connectivity index (χ1v) is 2.73. The highest BCUT2D eigenvalue weighted by atomic mass is 32.1. The van der Waals surface area contributed by atoms with Crippen LogP contribution < -0.4 is 4.68 Å². The molecule has 1 aromatic heterocycles. The molecule has 0 aliphatic rings. The lowest BCUT2D eigenvalue weighted by Gasteiger charge is -1.74. The molecule has 8 heavy (non-hydrogen) atoms. The van der Waals surface area contributed by atoms with Crippen LogP contribution in [0.25, 0.3) is 0 Å². The number of rotatable bonds is 0. The summed E-state index contributed by atoms with van der Waals surface area (Å²) in [5.74, 6) is 0. The van der Waals surface area contributed by atoms with Crippen LogP contribution in [0, 0.1) is 0 Å². The monoisotopic (exact) mass is 130 g/mol. The van der Waals surface area contributed by atoms with Crippen LogP contribution in [0.5, 0.6) is 0 Å². The Morgan fingerprint density at radius 3 is 2.62 bits per heavy atom. The summed E-state index contributed by atoms with van der Waals surface area (Å²) in [7, 11) is 3.76. The Morgan fingerprint density at radius 2 is 2.50 bits per heavy atom. The minimum Gasteiger partial charge on any atom is -0.210 e. The van der Waals surface area contributed by atoms with Gasteiger partial charge >= 0.3 is 0 Å². The summed E-state index contributed by atoms with van der Waals surface area (Å²) in [5, 5.41) is 4.68. The Balaban J connectivity index is 3.14. The van der Waals surface area contributed by atoms with Gasteiger partial charge in [0.15, 0.2) is 0 Å². The van der Waals surface area contributed by atoms with E-state index in [1.54, 1.807) is 4.68 Å². The summed E-state index contributed by atoms with van der Waals surface area (Å²) in [6.45, 7) is 0. The van der Waals surface area contributed by atoms with E-state index in [-0.39, 0.29) is 0 Å². The first-order chi connectivity index (χ1) is 3.70. The number of aryl methyl sites for hydroxylation is 2. The number of hydrogen-bond acceptors (Lipinski definition) is 2. The third kappa shape index (κ3) is 0.838. The standard InChI is InChI=1S/C4H7N3S/c1-6-3-7(2)5-4(6)8/h3H,1-2H3/p+1. The van der Waals surface area contributed by atoms with Gasteiger partial charge < -0.3 is 0 Å². The molecular weight excluding hydrogens is 122 g/mol. The van der Waals surface area contributed by atoms with E-state index in [1.807, 2.05) is 25.0 Å². The predicted octanol–water partition coefficient (Wildman–Crippen LogP) is -0.467. The van der Waals surface area contributed by atoms with Gasteiger partial charge in [0.25, 0.3) is 11.5 Å². The molecule has 0 radical (unpaired) electrons. The van der Waals surface area contributed by atoms with Crippen molar-refractivity contribution in [2.45, 2.75) is 5.16 Å². The van der Waals surface area contributed by atoms with E-state index >= 15 is 0 Å². The highest BCUT2D eigenvalue weighted by Gasteiger charge is 2.01. The summed E-state index contributed by atoms with van der Waals surface area (Å²) in [5.41, 5.74) is 0. The summed E-state index contributed by atoms with van der Waals surface area (Å²) in [6, 6.07) is 0. The summed E-state index contributed by atoms with van der Waals surface area (Å²) in [4.78, 5) is 0. The molecule has 0 amide bonds. The van der Waals surface area contributed by atoms with E-state index in [0.717, 1.165) is 5.16 Å². The van der Waals surface area contributed by atoms with Crippen LogP contribution >= 0.6 is 12.6 Å². The molecule has 3 nitrogen and oxygen atoms in total. The maximum Gasteiger partial charge on any atom is 0.291 e. The average molecular weight is 130 g/mol. The molecule has 0 spiro atoms. The molecular formula is C4H8N3S+. The van der Waals surface area contributed by atoms with Crippen molar-refractivity contribution in [3.05, 3.63) is 6.33 Å². The highest BCUT2D eigenvalue weighted by Crippen LogP contribution is 1.92. The van der Waals surface area contributed by atoms with Crippen LogP contribution in [0.3, 0.4) is 0 Å². The lowest BCUT2D eigenvalue weighted by Crippen LogP contribution is -2.28. The van der Waals surface area contributed by atoms with Gasteiger partial charge in [0, 0.05) is 0 Å². The molecule has 0 aromatic carbocycles. The minimum absolute atomic E-state index is 0.729. The number of nitrogens with zero attached hydrogens (tertiary/aromatic N) is 3. The van der Waals surface area contributed by atoms with E-state index in [0.29, 0.717) is 0 Å². The maximum atomic E-state index is 4.05. The van der Waals surface area contributed by atoms with Crippen LogP contribution in [0.2, 0.25) is 0 Å². The van der Waals surface area contributed by atoms with E-state index in [1.165, 1.54) is 0 Å². The Labute approximate surface area is 53.4 Å². The van der Waals surface area contributed by atoms with Crippen LogP contribution in [0.4, 0.5) is 0 Å². The van der Waals surface area contributed by atoms with Gasteiger partial charge in [0.2, 0.25) is 0 Å². The summed E-state index contributed by atoms with van der Waals surface area (Å²) >= 11 is 4.05. The predicted molar refractivity (Wildman–Crippen MR) is 31.6 cm³/mol. The van der Waals surface area contributed by atoms with Gasteiger partial charge in [-0.05, 0) is 5.10 Å². The molecule has 0 atom stereocenters. The lowest BCUT2D eigenvalue weighted by atomic mass is 11.1. The second-order valence-electron chi connectivity index (χ2n) is 1.70. The zero-order chi connectivity index (χ0) is 6.15. The quantitative estimate of drug-likeness (QED) is 0.372. The van der Waals surface area contributed by atoms with Gasteiger partial charge in [0.05, 0.1) is 7.05 Å². The average Bonchev–Trinajstić information content (AvgIpc) is 1.85. The van der Waals surface area contributed by atoms with Crippen molar-refractivity contribution in [2.75, 3.05) is 0 Å². The highest BCUT2D eigenvalue weighted by molar-refractivity contribution is 7.80. The zero-order valence-electron chi connectivity index (χ0n) is 4.87. The van der Waals surface area contributed by atoms with Crippen molar-refractivity contribution in [3.63, 3.8) is 0 Å². The van der Waals surface area contributed by atoms with Crippen LogP contribution in [-0.4, -0.2) is 9.67 Å². The molecule has 0 N–H and O–H groups in total. The van der Waals surface area contributed by atoms with Gasteiger partial charge in [-0.1, -0.05) is 12.6 Å².